The van der Waals surface area contributed by atoms with Gasteiger partial charge in [0.15, 0.2) is 0 Å². The van der Waals surface area contributed by atoms with E-state index in [9.17, 15) is 4.79 Å². The molecule has 1 aromatic carbocycles. The summed E-state index contributed by atoms with van der Waals surface area (Å²) in [6.45, 7) is 5.41. The number of aromatic nitrogens is 3. The van der Waals surface area contributed by atoms with Crippen LogP contribution in [0.5, 0.6) is 0 Å². The second-order valence-electron chi connectivity index (χ2n) is 11.0. The monoisotopic (exact) mass is 456 g/mol. The second kappa shape index (κ2) is 7.80. The highest BCUT2D eigenvalue weighted by molar-refractivity contribution is 5.79. The average molecular weight is 457 g/mol. The van der Waals surface area contributed by atoms with E-state index in [-0.39, 0.29) is 11.3 Å². The van der Waals surface area contributed by atoms with Gasteiger partial charge in [0.2, 0.25) is 11.7 Å². The zero-order chi connectivity index (χ0) is 22.7. The molecule has 4 atom stereocenters. The number of carbonyl (C=O) groups excluding carboxylic acids is 1. The first kappa shape index (κ1) is 20.4. The highest BCUT2D eigenvalue weighted by Gasteiger charge is 2.44. The van der Waals surface area contributed by atoms with Crippen LogP contribution in [0.1, 0.15) is 25.7 Å². The first-order valence-electron chi connectivity index (χ1n) is 12.8. The second-order valence-corrected chi connectivity index (χ2v) is 11.0. The number of rotatable bonds is 5. The van der Waals surface area contributed by atoms with Crippen LogP contribution in [0.2, 0.25) is 0 Å². The van der Waals surface area contributed by atoms with Gasteiger partial charge >= 0.3 is 0 Å². The fourth-order valence-corrected chi connectivity index (χ4v) is 6.97. The largest absolute Gasteiger partial charge is 0.356 e. The number of imidazole rings is 1. The van der Waals surface area contributed by atoms with E-state index in [0.717, 1.165) is 74.1 Å². The van der Waals surface area contributed by atoms with Crippen LogP contribution in [0, 0.1) is 23.2 Å². The van der Waals surface area contributed by atoms with E-state index < -0.39 is 0 Å². The summed E-state index contributed by atoms with van der Waals surface area (Å²) in [5.74, 6) is 4.06. The Morgan fingerprint density at radius 2 is 1.97 bits per heavy atom. The summed E-state index contributed by atoms with van der Waals surface area (Å²) >= 11 is 0. The van der Waals surface area contributed by atoms with Crippen LogP contribution in [-0.2, 0) is 4.79 Å². The van der Waals surface area contributed by atoms with Crippen molar-refractivity contribution in [1.82, 2.24) is 24.6 Å². The van der Waals surface area contributed by atoms with Crippen LogP contribution in [0.3, 0.4) is 0 Å². The lowest BCUT2D eigenvalue weighted by atomic mass is 9.86. The molecule has 4 unspecified atom stereocenters. The van der Waals surface area contributed by atoms with E-state index in [1.165, 1.54) is 12.8 Å². The van der Waals surface area contributed by atoms with Crippen molar-refractivity contribution in [1.29, 1.82) is 0 Å². The summed E-state index contributed by atoms with van der Waals surface area (Å²) < 4.78 is 2.06. The lowest BCUT2D eigenvalue weighted by Crippen LogP contribution is -2.40. The van der Waals surface area contributed by atoms with Gasteiger partial charge in [0.05, 0.1) is 17.6 Å². The predicted molar refractivity (Wildman–Crippen MR) is 133 cm³/mol. The smallest absolute Gasteiger partial charge is 0.236 e. The molecule has 4 aliphatic rings. The Hall–Kier alpha value is -2.93. The Bertz CT molecular complexity index is 1280. The minimum Gasteiger partial charge on any atom is -0.356 e. The zero-order valence-electron chi connectivity index (χ0n) is 19.6. The topological polar surface area (TPSA) is 65.8 Å². The number of benzene rings is 1. The Labute approximate surface area is 199 Å². The van der Waals surface area contributed by atoms with Crippen LogP contribution in [0.4, 0.5) is 5.82 Å². The molecular formula is C27H32N6O. The summed E-state index contributed by atoms with van der Waals surface area (Å²) in [6.07, 6.45) is 11.7. The van der Waals surface area contributed by atoms with E-state index in [1.54, 1.807) is 0 Å². The maximum atomic E-state index is 12.6. The highest BCUT2D eigenvalue weighted by Crippen LogP contribution is 2.43. The number of nitrogens with zero attached hydrogens (tertiary/aromatic N) is 5. The summed E-state index contributed by atoms with van der Waals surface area (Å²) in [6, 6.07) is 10.3. The van der Waals surface area contributed by atoms with Crippen molar-refractivity contribution in [3.05, 3.63) is 48.7 Å². The number of hydrogen-bond donors (Lipinski definition) is 1. The van der Waals surface area contributed by atoms with Gasteiger partial charge in [-0.05, 0) is 68.2 Å². The summed E-state index contributed by atoms with van der Waals surface area (Å²) in [5, 5.41) is 3.23. The molecule has 1 amide bonds. The number of likely N-dealkylation sites (tertiary alicyclic amines) is 1. The molecule has 1 spiro atoms. The molecule has 2 aromatic heterocycles. The first-order valence-corrected chi connectivity index (χ1v) is 12.8. The van der Waals surface area contributed by atoms with Crippen molar-refractivity contribution in [3.63, 3.8) is 0 Å². The fraction of sp³-hybridized carbons (Fsp3) is 0.519. The molecule has 2 bridgehead atoms. The maximum absolute atomic E-state index is 12.6. The van der Waals surface area contributed by atoms with E-state index in [1.807, 2.05) is 18.2 Å². The molecule has 4 heterocycles. The molecule has 2 aliphatic heterocycles. The number of amides is 1. The molecular weight excluding hydrogens is 424 g/mol. The highest BCUT2D eigenvalue weighted by atomic mass is 16.2. The lowest BCUT2D eigenvalue weighted by Gasteiger charge is -2.25. The van der Waals surface area contributed by atoms with Gasteiger partial charge in [0.1, 0.15) is 5.82 Å². The van der Waals surface area contributed by atoms with E-state index >= 15 is 0 Å². The predicted octanol–water partition coefficient (Wildman–Crippen LogP) is 3.11. The number of hydrogen-bond acceptors (Lipinski definition) is 5. The Kier molecular flexibility index (Phi) is 4.69. The molecule has 34 heavy (non-hydrogen) atoms. The molecule has 7 nitrogen and oxygen atoms in total. The Balaban J connectivity index is 0.967. The third kappa shape index (κ3) is 3.49. The molecule has 2 saturated heterocycles. The molecule has 3 aromatic rings. The molecule has 7 heteroatoms. The minimum atomic E-state index is 0.192. The van der Waals surface area contributed by atoms with Crippen molar-refractivity contribution < 1.29 is 4.79 Å². The van der Waals surface area contributed by atoms with Crippen LogP contribution in [0.15, 0.2) is 48.7 Å². The van der Waals surface area contributed by atoms with Crippen molar-refractivity contribution in [3.8, 4) is 0 Å². The molecule has 2 aliphatic carbocycles. The van der Waals surface area contributed by atoms with Crippen LogP contribution < -0.4 is 10.2 Å². The average Bonchev–Trinajstić information content (AvgIpc) is 3.67. The molecule has 3 fully saturated rings. The molecule has 7 rings (SSSR count). The van der Waals surface area contributed by atoms with Gasteiger partial charge in [-0.3, -0.25) is 14.1 Å². The maximum Gasteiger partial charge on any atom is 0.236 e. The lowest BCUT2D eigenvalue weighted by molar-refractivity contribution is -0.122. The number of carbonyl (C=O) groups is 1. The van der Waals surface area contributed by atoms with Gasteiger partial charge in [-0.25, -0.2) is 4.98 Å². The van der Waals surface area contributed by atoms with Gasteiger partial charge in [0.25, 0.3) is 0 Å². The standard InChI is InChI=1S/C27H32N6O/c34-25(28-15-21-14-19-5-6-20(21)13-19)16-31-11-8-27(17-31)9-12-32(18-27)24-7-10-33-23-4-2-1-3-22(23)29-26(33)30-24/h1-7,10,19-21H,8-9,11-18H2,(H,28,34). The fourth-order valence-electron chi connectivity index (χ4n) is 6.97. The number of allylic oxidation sites excluding steroid dienone is 2. The van der Waals surface area contributed by atoms with Crippen LogP contribution in [-0.4, -0.2) is 64.4 Å². The van der Waals surface area contributed by atoms with Crippen molar-refractivity contribution >= 4 is 28.5 Å². The van der Waals surface area contributed by atoms with Crippen molar-refractivity contribution in [2.24, 2.45) is 23.2 Å². The van der Waals surface area contributed by atoms with Gasteiger partial charge in [0, 0.05) is 37.8 Å². The number of para-hydroxylation sites is 2. The number of anilines is 1. The zero-order valence-corrected chi connectivity index (χ0v) is 19.6. The van der Waals surface area contributed by atoms with Crippen LogP contribution in [0.25, 0.3) is 16.8 Å². The van der Waals surface area contributed by atoms with Gasteiger partial charge in [-0.2, -0.15) is 4.98 Å². The molecule has 1 N–H and O–H groups in total. The third-order valence-electron chi connectivity index (χ3n) is 8.79. The van der Waals surface area contributed by atoms with Gasteiger partial charge in [-0.1, -0.05) is 24.3 Å². The normalized spacial score (nSPS) is 30.5. The van der Waals surface area contributed by atoms with E-state index in [2.05, 4.69) is 50.0 Å². The summed E-state index contributed by atoms with van der Waals surface area (Å²) in [4.78, 5) is 27.0. The Morgan fingerprint density at radius 3 is 2.85 bits per heavy atom. The third-order valence-corrected chi connectivity index (χ3v) is 8.79. The number of fused-ring (bicyclic) bond motifs is 5. The summed E-state index contributed by atoms with van der Waals surface area (Å²) in [7, 11) is 0. The van der Waals surface area contributed by atoms with Gasteiger partial charge < -0.3 is 10.2 Å². The van der Waals surface area contributed by atoms with Crippen molar-refractivity contribution in [2.45, 2.75) is 25.7 Å². The SMILES string of the molecule is O=C(CN1CCC2(CCN(c3ccn4c(n3)nc3ccccc34)C2)C1)NCC1CC2C=CC1C2. The molecule has 1 saturated carbocycles. The Morgan fingerprint density at radius 1 is 1.06 bits per heavy atom. The van der Waals surface area contributed by atoms with Gasteiger partial charge in [-0.15, -0.1) is 0 Å². The van der Waals surface area contributed by atoms with E-state index in [4.69, 9.17) is 9.97 Å². The van der Waals surface area contributed by atoms with Crippen molar-refractivity contribution in [2.75, 3.05) is 44.2 Å². The summed E-state index contributed by atoms with van der Waals surface area (Å²) in [5.41, 5.74) is 2.34. The molecule has 176 valence electrons. The quantitative estimate of drug-likeness (QED) is 0.598. The molecule has 0 radical (unpaired) electrons. The first-order chi connectivity index (χ1) is 16.6. The van der Waals surface area contributed by atoms with Crippen LogP contribution >= 0.6 is 0 Å². The number of nitrogens with one attached hydrogen (secondary N) is 1. The van der Waals surface area contributed by atoms with E-state index in [0.29, 0.717) is 18.4 Å². The minimum absolute atomic E-state index is 0.192.